The number of aliphatic hydroxyl groups is 6. The Balaban J connectivity index is 1.20. The van der Waals surface area contributed by atoms with Gasteiger partial charge in [-0.1, -0.05) is 37.5 Å². The number of fused-ring (bicyclic) bond motifs is 5. The van der Waals surface area contributed by atoms with Crippen LogP contribution in [-0.2, 0) is 19.0 Å². The van der Waals surface area contributed by atoms with Crippen molar-refractivity contribution in [3.8, 4) is 0 Å². The van der Waals surface area contributed by atoms with Gasteiger partial charge >= 0.3 is 5.97 Å². The summed E-state index contributed by atoms with van der Waals surface area (Å²) < 4.78 is 17.6. The van der Waals surface area contributed by atoms with E-state index < -0.39 is 66.6 Å². The summed E-state index contributed by atoms with van der Waals surface area (Å²) in [6, 6.07) is 0. The molecular weight excluding hydrogens is 580 g/mol. The maximum Gasteiger partial charge on any atom is 0.334 e. The van der Waals surface area contributed by atoms with E-state index in [4.69, 9.17) is 14.2 Å². The molecule has 45 heavy (non-hydrogen) atoms. The standard InChI is InChI=1S/C35H54O10/c1-17-13-27(45-31(41)18(17)2)35(5,42)25-8-6-7-22-21-10-9-19-14-20(43-32-30(40)29(39)28(38)24(16-36)44-32)15-26(37)34(19,4)23(21)11-12-33(22,25)3/h9,20-30,32,36-40,42H,6-8,10-16H2,1-5H3/t20-,21+,22+,23+,24-,25+,26+,27-,28-,29+,30-,32-,33+,34+,35-/m1/s1. The molecule has 254 valence electrons. The van der Waals surface area contributed by atoms with Crippen molar-refractivity contribution in [2.45, 2.75) is 147 Å². The molecule has 0 aromatic carbocycles. The van der Waals surface area contributed by atoms with E-state index in [2.05, 4.69) is 19.9 Å². The third-order valence-electron chi connectivity index (χ3n) is 13.6. The summed E-state index contributed by atoms with van der Waals surface area (Å²) in [5.41, 5.74) is 1.04. The number of hydrogen-bond donors (Lipinski definition) is 6. The van der Waals surface area contributed by atoms with Crippen molar-refractivity contribution >= 4 is 5.97 Å². The predicted octanol–water partition coefficient (Wildman–Crippen LogP) is 2.51. The van der Waals surface area contributed by atoms with E-state index in [1.807, 2.05) is 13.8 Å². The molecule has 10 nitrogen and oxygen atoms in total. The van der Waals surface area contributed by atoms with Gasteiger partial charge in [0.05, 0.1) is 18.8 Å². The van der Waals surface area contributed by atoms with Gasteiger partial charge < -0.3 is 44.8 Å². The van der Waals surface area contributed by atoms with Gasteiger partial charge in [0.2, 0.25) is 0 Å². The molecule has 4 fully saturated rings. The quantitative estimate of drug-likeness (QED) is 0.195. The van der Waals surface area contributed by atoms with Crippen LogP contribution >= 0.6 is 0 Å². The number of ether oxygens (including phenoxy) is 3. The molecular formula is C35H54O10. The van der Waals surface area contributed by atoms with Crippen LogP contribution in [0.5, 0.6) is 0 Å². The zero-order valence-corrected chi connectivity index (χ0v) is 27.4. The van der Waals surface area contributed by atoms with Gasteiger partial charge in [-0.15, -0.1) is 0 Å². The summed E-state index contributed by atoms with van der Waals surface area (Å²) in [5.74, 6) is 0.640. The van der Waals surface area contributed by atoms with Crippen LogP contribution in [0, 0.1) is 34.5 Å². The van der Waals surface area contributed by atoms with Crippen molar-refractivity contribution in [1.82, 2.24) is 0 Å². The highest BCUT2D eigenvalue weighted by molar-refractivity contribution is 5.89. The zero-order valence-electron chi connectivity index (χ0n) is 27.4. The minimum Gasteiger partial charge on any atom is -0.456 e. The van der Waals surface area contributed by atoms with E-state index in [-0.39, 0.29) is 23.2 Å². The molecule has 1 saturated heterocycles. The van der Waals surface area contributed by atoms with Crippen LogP contribution < -0.4 is 0 Å². The number of aliphatic hydroxyl groups excluding tert-OH is 5. The Bertz CT molecular complexity index is 1210. The van der Waals surface area contributed by atoms with Crippen molar-refractivity contribution in [3.05, 3.63) is 22.8 Å². The second kappa shape index (κ2) is 11.9. The molecule has 4 aliphatic carbocycles. The first kappa shape index (κ1) is 33.5. The Labute approximate surface area is 266 Å². The topological polar surface area (TPSA) is 166 Å². The van der Waals surface area contributed by atoms with Crippen LogP contribution in [0.25, 0.3) is 0 Å². The number of carbonyl (C=O) groups is 1. The van der Waals surface area contributed by atoms with Crippen molar-refractivity contribution in [2.24, 2.45) is 34.5 Å². The number of carbonyl (C=O) groups excluding carboxylic acids is 1. The van der Waals surface area contributed by atoms with E-state index in [9.17, 15) is 35.4 Å². The summed E-state index contributed by atoms with van der Waals surface area (Å²) >= 11 is 0. The lowest BCUT2D eigenvalue weighted by Crippen LogP contribution is -2.63. The molecule has 6 aliphatic rings. The van der Waals surface area contributed by atoms with Crippen LogP contribution in [0.15, 0.2) is 22.8 Å². The van der Waals surface area contributed by atoms with E-state index in [0.717, 1.165) is 49.7 Å². The van der Waals surface area contributed by atoms with Crippen LogP contribution in [0.1, 0.15) is 92.4 Å². The minimum absolute atomic E-state index is 0.0144. The summed E-state index contributed by atoms with van der Waals surface area (Å²) in [4.78, 5) is 12.6. The SMILES string of the molecule is CC1=C(C)C(=O)O[C@@H]([C@](C)(O)[C@H]2CCC[C@H]3[C@@H]4CC=C5C[C@@H](O[C@@H]6O[C@H](CO)[C@@H](O)[C@H](O)[C@H]6O)C[C@H](O)[C@]5(C)[C@H]4CC[C@]23C)C1. The van der Waals surface area contributed by atoms with E-state index in [1.165, 1.54) is 0 Å². The summed E-state index contributed by atoms with van der Waals surface area (Å²) in [6.45, 7) is 9.62. The van der Waals surface area contributed by atoms with Crippen LogP contribution in [0.2, 0.25) is 0 Å². The van der Waals surface area contributed by atoms with Crippen LogP contribution in [-0.4, -0.2) is 97.8 Å². The van der Waals surface area contributed by atoms with Gasteiger partial charge in [-0.3, -0.25) is 0 Å². The third-order valence-corrected chi connectivity index (χ3v) is 13.6. The molecule has 0 bridgehead atoms. The van der Waals surface area contributed by atoms with Gasteiger partial charge in [-0.2, -0.15) is 0 Å². The predicted molar refractivity (Wildman–Crippen MR) is 163 cm³/mol. The molecule has 0 aromatic rings. The molecule has 0 unspecified atom stereocenters. The molecule has 2 aliphatic heterocycles. The molecule has 3 saturated carbocycles. The molecule has 0 aromatic heterocycles. The van der Waals surface area contributed by atoms with Gasteiger partial charge in [-0.05, 0) is 88.4 Å². The monoisotopic (exact) mass is 634 g/mol. The molecule has 6 N–H and O–H groups in total. The summed E-state index contributed by atoms with van der Waals surface area (Å²) in [7, 11) is 0. The van der Waals surface area contributed by atoms with E-state index in [1.54, 1.807) is 6.92 Å². The number of allylic oxidation sites excluding steroid dienone is 1. The van der Waals surface area contributed by atoms with Crippen molar-refractivity contribution in [2.75, 3.05) is 6.61 Å². The smallest absolute Gasteiger partial charge is 0.334 e. The maximum atomic E-state index is 12.6. The molecule has 6 rings (SSSR count). The second-order valence-electron chi connectivity index (χ2n) is 15.8. The lowest BCUT2D eigenvalue weighted by atomic mass is 9.42. The molecule has 0 amide bonds. The van der Waals surface area contributed by atoms with Crippen LogP contribution in [0.3, 0.4) is 0 Å². The molecule has 0 spiro atoms. The Morgan fingerprint density at radius 3 is 2.44 bits per heavy atom. The largest absolute Gasteiger partial charge is 0.456 e. The highest BCUT2D eigenvalue weighted by atomic mass is 16.7. The van der Waals surface area contributed by atoms with Gasteiger partial charge in [-0.25, -0.2) is 4.79 Å². The third kappa shape index (κ3) is 5.26. The fraction of sp³-hybridized carbons (Fsp3) is 0.857. The van der Waals surface area contributed by atoms with Gasteiger partial charge in [0.25, 0.3) is 0 Å². The van der Waals surface area contributed by atoms with Crippen molar-refractivity contribution < 1.29 is 49.6 Å². The second-order valence-corrected chi connectivity index (χ2v) is 15.8. The number of rotatable bonds is 5. The Morgan fingerprint density at radius 2 is 1.76 bits per heavy atom. The molecule has 0 radical (unpaired) electrons. The van der Waals surface area contributed by atoms with Gasteiger partial charge in [0.1, 0.15) is 36.1 Å². The number of hydrogen-bond acceptors (Lipinski definition) is 10. The average molecular weight is 635 g/mol. The maximum absolute atomic E-state index is 12.6. The lowest BCUT2D eigenvalue weighted by molar-refractivity contribution is -0.315. The zero-order chi connectivity index (χ0) is 32.6. The number of esters is 1. The van der Waals surface area contributed by atoms with Crippen molar-refractivity contribution in [1.29, 1.82) is 0 Å². The lowest BCUT2D eigenvalue weighted by Gasteiger charge is -2.64. The molecule has 15 atom stereocenters. The van der Waals surface area contributed by atoms with Crippen molar-refractivity contribution in [3.63, 3.8) is 0 Å². The fourth-order valence-electron chi connectivity index (χ4n) is 10.7. The average Bonchev–Trinajstić information content (AvgIpc) is 2.99. The number of cyclic esters (lactones) is 1. The Hall–Kier alpha value is -1.37. The normalized spacial score (nSPS) is 50.0. The van der Waals surface area contributed by atoms with E-state index in [0.29, 0.717) is 36.7 Å². The molecule has 10 heteroatoms. The van der Waals surface area contributed by atoms with Gasteiger partial charge in [0.15, 0.2) is 6.29 Å². The molecule has 2 heterocycles. The Morgan fingerprint density at radius 1 is 1.02 bits per heavy atom. The van der Waals surface area contributed by atoms with Crippen LogP contribution in [0.4, 0.5) is 0 Å². The first-order valence-corrected chi connectivity index (χ1v) is 17.1. The first-order valence-electron chi connectivity index (χ1n) is 17.1. The summed E-state index contributed by atoms with van der Waals surface area (Å²) in [6.07, 6.45) is 0.995. The first-order chi connectivity index (χ1) is 21.1. The highest BCUT2D eigenvalue weighted by Crippen LogP contribution is 2.66. The fourth-order valence-corrected chi connectivity index (χ4v) is 10.7. The Kier molecular flexibility index (Phi) is 8.90. The highest BCUT2D eigenvalue weighted by Gasteiger charge is 2.63. The van der Waals surface area contributed by atoms with Gasteiger partial charge in [0, 0.05) is 23.8 Å². The summed E-state index contributed by atoms with van der Waals surface area (Å²) in [5, 5.41) is 64.4. The minimum atomic E-state index is -1.51. The van der Waals surface area contributed by atoms with E-state index >= 15 is 0 Å².